The number of rotatable bonds is 6. The third kappa shape index (κ3) is 4.63. The third-order valence-corrected chi connectivity index (χ3v) is 2.56. The summed E-state index contributed by atoms with van der Waals surface area (Å²) >= 11 is 0. The second-order valence-electron chi connectivity index (χ2n) is 4.13. The quantitative estimate of drug-likeness (QED) is 0.525. The fourth-order valence-corrected chi connectivity index (χ4v) is 1.64. The van der Waals surface area contributed by atoms with Gasteiger partial charge in [-0.2, -0.15) is 0 Å². The average molecular weight is 253 g/mol. The standard InChI is InChI=1S/C13H19NO4/c1-2-18-13(17)6-4-10(14)7-9-3-5-11(15)12(16)8-9/h3,5,8,10,15-16H,2,4,6-7,14H2,1H3. The molecule has 5 nitrogen and oxygen atoms in total. The Bertz CT molecular complexity index is 406. The summed E-state index contributed by atoms with van der Waals surface area (Å²) in [4.78, 5) is 11.1. The topological polar surface area (TPSA) is 92.8 Å². The molecular weight excluding hydrogens is 234 g/mol. The van der Waals surface area contributed by atoms with Crippen molar-refractivity contribution in [2.45, 2.75) is 32.2 Å². The van der Waals surface area contributed by atoms with Gasteiger partial charge in [-0.1, -0.05) is 6.07 Å². The SMILES string of the molecule is CCOC(=O)CCC(N)Cc1ccc(O)c(O)c1. The lowest BCUT2D eigenvalue weighted by Crippen LogP contribution is -2.24. The van der Waals surface area contributed by atoms with E-state index in [2.05, 4.69) is 0 Å². The Morgan fingerprint density at radius 1 is 1.39 bits per heavy atom. The number of aromatic hydroxyl groups is 2. The van der Waals surface area contributed by atoms with Gasteiger partial charge in [-0.25, -0.2) is 0 Å². The highest BCUT2D eigenvalue weighted by molar-refractivity contribution is 5.69. The third-order valence-electron chi connectivity index (χ3n) is 2.56. The first-order valence-electron chi connectivity index (χ1n) is 5.95. The van der Waals surface area contributed by atoms with E-state index in [4.69, 9.17) is 10.5 Å². The van der Waals surface area contributed by atoms with E-state index in [1.165, 1.54) is 12.1 Å². The van der Waals surface area contributed by atoms with Crippen molar-refractivity contribution in [1.29, 1.82) is 0 Å². The predicted octanol–water partition coefficient (Wildman–Crippen LogP) is 1.31. The highest BCUT2D eigenvalue weighted by Gasteiger charge is 2.09. The number of hydrogen-bond donors (Lipinski definition) is 3. The van der Waals surface area contributed by atoms with Gasteiger partial charge in [-0.05, 0) is 37.5 Å². The fraction of sp³-hybridized carbons (Fsp3) is 0.462. The summed E-state index contributed by atoms with van der Waals surface area (Å²) in [5.74, 6) is -0.564. The lowest BCUT2D eigenvalue weighted by Gasteiger charge is -2.11. The molecule has 100 valence electrons. The first-order valence-corrected chi connectivity index (χ1v) is 5.95. The molecule has 0 bridgehead atoms. The van der Waals surface area contributed by atoms with E-state index in [-0.39, 0.29) is 23.5 Å². The van der Waals surface area contributed by atoms with Crippen molar-refractivity contribution in [1.82, 2.24) is 0 Å². The summed E-state index contributed by atoms with van der Waals surface area (Å²) in [7, 11) is 0. The molecule has 0 amide bonds. The van der Waals surface area contributed by atoms with Crippen molar-refractivity contribution in [2.24, 2.45) is 5.73 Å². The minimum Gasteiger partial charge on any atom is -0.504 e. The van der Waals surface area contributed by atoms with Gasteiger partial charge in [0.15, 0.2) is 11.5 Å². The Morgan fingerprint density at radius 2 is 2.11 bits per heavy atom. The first-order chi connectivity index (χ1) is 8.52. The van der Waals surface area contributed by atoms with Gasteiger partial charge in [0, 0.05) is 12.5 Å². The molecule has 5 heteroatoms. The molecule has 1 aromatic carbocycles. The van der Waals surface area contributed by atoms with Crippen LogP contribution in [0.5, 0.6) is 11.5 Å². The number of phenolic OH excluding ortho intramolecular Hbond substituents is 2. The largest absolute Gasteiger partial charge is 0.504 e. The molecule has 1 aromatic rings. The molecule has 0 radical (unpaired) electrons. The highest BCUT2D eigenvalue weighted by atomic mass is 16.5. The van der Waals surface area contributed by atoms with Crippen LogP contribution in [0, 0.1) is 0 Å². The van der Waals surface area contributed by atoms with E-state index in [1.807, 2.05) is 0 Å². The second-order valence-corrected chi connectivity index (χ2v) is 4.13. The summed E-state index contributed by atoms with van der Waals surface area (Å²) in [5, 5.41) is 18.5. The van der Waals surface area contributed by atoms with Gasteiger partial charge in [0.25, 0.3) is 0 Å². The molecule has 0 spiro atoms. The number of hydrogen-bond acceptors (Lipinski definition) is 5. The monoisotopic (exact) mass is 253 g/mol. The molecule has 1 atom stereocenters. The summed E-state index contributed by atoms with van der Waals surface area (Å²) < 4.78 is 4.81. The van der Waals surface area contributed by atoms with Crippen LogP contribution >= 0.6 is 0 Å². The minimum absolute atomic E-state index is 0.154. The number of benzene rings is 1. The van der Waals surface area contributed by atoms with Gasteiger partial charge in [-0.3, -0.25) is 4.79 Å². The number of phenols is 2. The number of esters is 1. The fourth-order valence-electron chi connectivity index (χ4n) is 1.64. The maximum atomic E-state index is 11.1. The van der Waals surface area contributed by atoms with E-state index >= 15 is 0 Å². The number of nitrogens with two attached hydrogens (primary N) is 1. The normalized spacial score (nSPS) is 12.1. The van der Waals surface area contributed by atoms with E-state index in [0.29, 0.717) is 25.9 Å². The van der Waals surface area contributed by atoms with Crippen LogP contribution in [0.4, 0.5) is 0 Å². The van der Waals surface area contributed by atoms with E-state index in [0.717, 1.165) is 5.56 Å². The van der Waals surface area contributed by atoms with Crippen molar-refractivity contribution >= 4 is 5.97 Å². The second kappa shape index (κ2) is 6.86. The molecule has 0 aromatic heterocycles. The van der Waals surface area contributed by atoms with Gasteiger partial charge in [-0.15, -0.1) is 0 Å². The van der Waals surface area contributed by atoms with Crippen LogP contribution in [0.2, 0.25) is 0 Å². The zero-order chi connectivity index (χ0) is 13.5. The van der Waals surface area contributed by atoms with Gasteiger partial charge in [0.05, 0.1) is 6.61 Å². The first kappa shape index (κ1) is 14.3. The molecule has 18 heavy (non-hydrogen) atoms. The highest BCUT2D eigenvalue weighted by Crippen LogP contribution is 2.25. The maximum Gasteiger partial charge on any atom is 0.305 e. The van der Waals surface area contributed by atoms with Crippen molar-refractivity contribution in [3.63, 3.8) is 0 Å². The molecule has 0 saturated heterocycles. The van der Waals surface area contributed by atoms with Crippen molar-refractivity contribution in [2.75, 3.05) is 6.61 Å². The molecule has 0 aliphatic carbocycles. The van der Waals surface area contributed by atoms with Crippen LogP contribution in [-0.4, -0.2) is 28.8 Å². The average Bonchev–Trinajstić information content (AvgIpc) is 2.32. The molecule has 0 heterocycles. The van der Waals surface area contributed by atoms with Crippen LogP contribution in [0.3, 0.4) is 0 Å². The Labute approximate surface area is 106 Å². The minimum atomic E-state index is -0.249. The van der Waals surface area contributed by atoms with Crippen LogP contribution < -0.4 is 5.73 Å². The van der Waals surface area contributed by atoms with Crippen molar-refractivity contribution in [3.05, 3.63) is 23.8 Å². The summed E-state index contributed by atoms with van der Waals surface area (Å²) in [5.41, 5.74) is 6.71. The van der Waals surface area contributed by atoms with Gasteiger partial charge >= 0.3 is 5.97 Å². The zero-order valence-corrected chi connectivity index (χ0v) is 10.4. The molecule has 0 saturated carbocycles. The molecular formula is C13H19NO4. The van der Waals surface area contributed by atoms with Gasteiger partial charge in [0.2, 0.25) is 0 Å². The lowest BCUT2D eigenvalue weighted by atomic mass is 10.0. The lowest BCUT2D eigenvalue weighted by molar-refractivity contribution is -0.143. The van der Waals surface area contributed by atoms with Gasteiger partial charge in [0.1, 0.15) is 0 Å². The molecule has 4 N–H and O–H groups in total. The van der Waals surface area contributed by atoms with Crippen molar-refractivity contribution in [3.8, 4) is 11.5 Å². The van der Waals surface area contributed by atoms with Crippen molar-refractivity contribution < 1.29 is 19.7 Å². The van der Waals surface area contributed by atoms with E-state index < -0.39 is 0 Å². The predicted molar refractivity (Wildman–Crippen MR) is 67.3 cm³/mol. The van der Waals surface area contributed by atoms with Crippen LogP contribution in [0.15, 0.2) is 18.2 Å². The Morgan fingerprint density at radius 3 is 2.72 bits per heavy atom. The number of carbonyl (C=O) groups is 1. The summed E-state index contributed by atoms with van der Waals surface area (Å²) in [6.45, 7) is 2.14. The van der Waals surface area contributed by atoms with Gasteiger partial charge < -0.3 is 20.7 Å². The smallest absolute Gasteiger partial charge is 0.305 e. The Balaban J connectivity index is 2.42. The molecule has 0 fully saturated rings. The summed E-state index contributed by atoms with van der Waals surface area (Å²) in [6.07, 6.45) is 1.35. The maximum absolute atomic E-state index is 11.1. The van der Waals surface area contributed by atoms with Crippen LogP contribution in [0.25, 0.3) is 0 Å². The van der Waals surface area contributed by atoms with Crippen LogP contribution in [-0.2, 0) is 16.0 Å². The number of carbonyl (C=O) groups excluding carboxylic acids is 1. The summed E-state index contributed by atoms with van der Waals surface area (Å²) in [6, 6.07) is 4.40. The Kier molecular flexibility index (Phi) is 5.45. The van der Waals surface area contributed by atoms with E-state index in [9.17, 15) is 15.0 Å². The molecule has 0 aliphatic heterocycles. The molecule has 0 aliphatic rings. The van der Waals surface area contributed by atoms with E-state index in [1.54, 1.807) is 13.0 Å². The molecule has 1 unspecified atom stereocenters. The number of ether oxygens (including phenoxy) is 1. The Hall–Kier alpha value is -1.75. The van der Waals surface area contributed by atoms with Crippen LogP contribution in [0.1, 0.15) is 25.3 Å². The molecule has 1 rings (SSSR count). The zero-order valence-electron chi connectivity index (χ0n) is 10.4.